The first kappa shape index (κ1) is 17.9. The molecule has 0 heterocycles. The van der Waals surface area contributed by atoms with E-state index in [4.69, 9.17) is 5.11 Å². The smallest absolute Gasteiger partial charge is 0.303 e. The number of amides is 1. The topological polar surface area (TPSA) is 101 Å². The summed E-state index contributed by atoms with van der Waals surface area (Å²) in [6.45, 7) is 4.24. The van der Waals surface area contributed by atoms with Crippen LogP contribution in [0, 0.1) is 11.8 Å². The second kappa shape index (κ2) is 8.14. The third kappa shape index (κ3) is 11.7. The van der Waals surface area contributed by atoms with Gasteiger partial charge in [0.25, 0.3) is 0 Å². The number of sulfone groups is 1. The van der Waals surface area contributed by atoms with Gasteiger partial charge < -0.3 is 10.4 Å². The summed E-state index contributed by atoms with van der Waals surface area (Å²) in [5, 5.41) is 11.4. The van der Waals surface area contributed by atoms with E-state index in [0.717, 1.165) is 6.26 Å². The van der Waals surface area contributed by atoms with Crippen LogP contribution in [0.5, 0.6) is 0 Å². The van der Waals surface area contributed by atoms with Gasteiger partial charge in [-0.25, -0.2) is 8.42 Å². The second-order valence-electron chi connectivity index (χ2n) is 5.28. The molecule has 0 saturated carbocycles. The van der Waals surface area contributed by atoms with Crippen LogP contribution in [0.15, 0.2) is 0 Å². The van der Waals surface area contributed by atoms with Gasteiger partial charge in [0.15, 0.2) is 0 Å². The number of hydrogen-bond acceptors (Lipinski definition) is 4. The van der Waals surface area contributed by atoms with Crippen LogP contribution >= 0.6 is 0 Å². The number of carboxylic acids is 1. The van der Waals surface area contributed by atoms with Crippen LogP contribution in [0.3, 0.4) is 0 Å². The highest BCUT2D eigenvalue weighted by Gasteiger charge is 2.16. The Morgan fingerprint density at radius 3 is 2.26 bits per heavy atom. The van der Waals surface area contributed by atoms with Crippen molar-refractivity contribution < 1.29 is 23.1 Å². The Bertz CT molecular complexity index is 402. The predicted molar refractivity (Wildman–Crippen MR) is 72.5 cm³/mol. The molecule has 0 aromatic rings. The van der Waals surface area contributed by atoms with Gasteiger partial charge in [0.1, 0.15) is 9.84 Å². The fraction of sp³-hybridized carbons (Fsp3) is 0.833. The van der Waals surface area contributed by atoms with Crippen LogP contribution in [-0.2, 0) is 19.4 Å². The summed E-state index contributed by atoms with van der Waals surface area (Å²) >= 11 is 0. The lowest BCUT2D eigenvalue weighted by atomic mass is 9.94. The van der Waals surface area contributed by atoms with Gasteiger partial charge in [-0.2, -0.15) is 0 Å². The predicted octanol–water partition coefficient (Wildman–Crippen LogP) is 0.674. The van der Waals surface area contributed by atoms with Gasteiger partial charge in [0, 0.05) is 25.6 Å². The first-order valence-electron chi connectivity index (χ1n) is 6.26. The highest BCUT2D eigenvalue weighted by Crippen LogP contribution is 2.14. The number of nitrogens with one attached hydrogen (secondary N) is 1. The molecule has 0 rings (SSSR count). The van der Waals surface area contributed by atoms with E-state index in [1.807, 2.05) is 13.8 Å². The highest BCUT2D eigenvalue weighted by molar-refractivity contribution is 7.90. The molecule has 7 heteroatoms. The third-order valence-corrected chi connectivity index (χ3v) is 3.50. The van der Waals surface area contributed by atoms with Crippen molar-refractivity contribution in [2.45, 2.75) is 33.1 Å². The van der Waals surface area contributed by atoms with E-state index in [0.29, 0.717) is 12.3 Å². The molecule has 1 atom stereocenters. The second-order valence-corrected chi connectivity index (χ2v) is 7.54. The van der Waals surface area contributed by atoms with E-state index in [2.05, 4.69) is 5.32 Å². The van der Waals surface area contributed by atoms with Gasteiger partial charge in [0.05, 0.1) is 5.75 Å². The van der Waals surface area contributed by atoms with E-state index in [9.17, 15) is 18.0 Å². The number of hydrogen-bond donors (Lipinski definition) is 2. The monoisotopic (exact) mass is 293 g/mol. The number of aliphatic carboxylic acids is 1. The fourth-order valence-electron chi connectivity index (χ4n) is 1.78. The molecular formula is C12H23NO5S. The molecule has 2 N–H and O–H groups in total. The lowest BCUT2D eigenvalue weighted by molar-refractivity contribution is -0.138. The van der Waals surface area contributed by atoms with Crippen molar-refractivity contribution in [3.8, 4) is 0 Å². The molecule has 0 saturated heterocycles. The lowest BCUT2D eigenvalue weighted by Crippen LogP contribution is -2.32. The first-order chi connectivity index (χ1) is 8.60. The number of carbonyl (C=O) groups is 2. The molecule has 112 valence electrons. The van der Waals surface area contributed by atoms with E-state index in [1.54, 1.807) is 0 Å². The Labute approximate surface area is 114 Å². The minimum absolute atomic E-state index is 0.00450. The maximum Gasteiger partial charge on any atom is 0.303 e. The summed E-state index contributed by atoms with van der Waals surface area (Å²) in [7, 11) is -3.15. The quantitative estimate of drug-likeness (QED) is 0.651. The Balaban J connectivity index is 4.15. The first-order valence-corrected chi connectivity index (χ1v) is 8.32. The summed E-state index contributed by atoms with van der Waals surface area (Å²) in [6, 6.07) is 0. The molecule has 0 fully saturated rings. The number of rotatable bonds is 9. The van der Waals surface area contributed by atoms with Gasteiger partial charge in [0.2, 0.25) is 5.91 Å². The fourth-order valence-corrected chi connectivity index (χ4v) is 2.33. The molecule has 0 radical (unpaired) electrons. The van der Waals surface area contributed by atoms with Crippen molar-refractivity contribution in [2.24, 2.45) is 11.8 Å². The molecule has 19 heavy (non-hydrogen) atoms. The largest absolute Gasteiger partial charge is 0.481 e. The van der Waals surface area contributed by atoms with Crippen LogP contribution in [0.4, 0.5) is 0 Å². The molecule has 0 aromatic heterocycles. The molecule has 0 spiro atoms. The van der Waals surface area contributed by atoms with E-state index < -0.39 is 15.8 Å². The van der Waals surface area contributed by atoms with Crippen LogP contribution < -0.4 is 5.32 Å². The van der Waals surface area contributed by atoms with Crippen LogP contribution in [-0.4, -0.2) is 44.0 Å². The molecule has 0 bridgehead atoms. The highest BCUT2D eigenvalue weighted by atomic mass is 32.2. The molecule has 1 amide bonds. The lowest BCUT2D eigenvalue weighted by Gasteiger charge is -2.17. The zero-order chi connectivity index (χ0) is 15.1. The SMILES string of the molecule is CC(C)C[C@H](CNC(=O)CCS(C)(=O)=O)CC(=O)O. The zero-order valence-corrected chi connectivity index (χ0v) is 12.5. The molecule has 0 aliphatic carbocycles. The summed E-state index contributed by atoms with van der Waals surface area (Å²) in [6.07, 6.45) is 1.70. The van der Waals surface area contributed by atoms with Gasteiger partial charge >= 0.3 is 5.97 Å². The standard InChI is InChI=1S/C12H23NO5S/c1-9(2)6-10(7-12(15)16)8-13-11(14)4-5-19(3,17)18/h9-10H,4-8H2,1-3H3,(H,13,14)(H,15,16)/t10-/m0/s1. The molecule has 0 aliphatic rings. The zero-order valence-electron chi connectivity index (χ0n) is 11.7. The summed E-state index contributed by atoms with van der Waals surface area (Å²) < 4.78 is 21.8. The maximum absolute atomic E-state index is 11.4. The van der Waals surface area contributed by atoms with Gasteiger partial charge in [-0.1, -0.05) is 13.8 Å². The maximum atomic E-state index is 11.4. The van der Waals surface area contributed by atoms with Gasteiger partial charge in [-0.15, -0.1) is 0 Å². The minimum Gasteiger partial charge on any atom is -0.481 e. The van der Waals surface area contributed by atoms with Crippen molar-refractivity contribution >= 4 is 21.7 Å². The van der Waals surface area contributed by atoms with Gasteiger partial charge in [-0.3, -0.25) is 9.59 Å². The Morgan fingerprint density at radius 2 is 1.84 bits per heavy atom. The van der Waals surface area contributed by atoms with E-state index >= 15 is 0 Å². The summed E-state index contributed by atoms with van der Waals surface area (Å²) in [4.78, 5) is 22.1. The summed E-state index contributed by atoms with van der Waals surface area (Å²) in [5.41, 5.74) is 0. The number of carbonyl (C=O) groups excluding carboxylic acids is 1. The van der Waals surface area contributed by atoms with E-state index in [1.165, 1.54) is 0 Å². The van der Waals surface area contributed by atoms with Crippen molar-refractivity contribution in [3.63, 3.8) is 0 Å². The normalized spacial score (nSPS) is 13.3. The Kier molecular flexibility index (Phi) is 7.66. The van der Waals surface area contributed by atoms with Crippen molar-refractivity contribution in [1.29, 1.82) is 0 Å². The average Bonchev–Trinajstić information content (AvgIpc) is 2.20. The molecule has 6 nitrogen and oxygen atoms in total. The van der Waals surface area contributed by atoms with Crippen LogP contribution in [0.1, 0.15) is 33.1 Å². The van der Waals surface area contributed by atoms with Crippen LogP contribution in [0.2, 0.25) is 0 Å². The third-order valence-electron chi connectivity index (χ3n) is 2.56. The minimum atomic E-state index is -3.15. The van der Waals surface area contributed by atoms with Gasteiger partial charge in [-0.05, 0) is 18.3 Å². The van der Waals surface area contributed by atoms with Crippen LogP contribution in [0.25, 0.3) is 0 Å². The van der Waals surface area contributed by atoms with E-state index in [-0.39, 0.29) is 37.0 Å². The summed E-state index contributed by atoms with van der Waals surface area (Å²) in [5.74, 6) is -1.22. The van der Waals surface area contributed by atoms with Crippen molar-refractivity contribution in [3.05, 3.63) is 0 Å². The Hall–Kier alpha value is -1.11. The molecule has 0 unspecified atom stereocenters. The van der Waals surface area contributed by atoms with Crippen molar-refractivity contribution in [2.75, 3.05) is 18.6 Å². The average molecular weight is 293 g/mol. The number of carboxylic acid groups (broad SMARTS) is 1. The molecular weight excluding hydrogens is 270 g/mol. The Morgan fingerprint density at radius 1 is 1.26 bits per heavy atom. The molecule has 0 aliphatic heterocycles. The van der Waals surface area contributed by atoms with Crippen molar-refractivity contribution in [1.82, 2.24) is 5.32 Å². The molecule has 0 aromatic carbocycles.